The minimum Gasteiger partial charge on any atom is -0.370 e. The summed E-state index contributed by atoms with van der Waals surface area (Å²) >= 11 is 0. The summed E-state index contributed by atoms with van der Waals surface area (Å²) in [5.74, 6) is 0. The smallest absolute Gasteiger partial charge is 0.370 e. The van der Waals surface area contributed by atoms with Gasteiger partial charge in [0.15, 0.2) is 5.69 Å². The second-order valence-corrected chi connectivity index (χ2v) is 4.83. The maximum atomic E-state index is 12.6. The number of benzene rings is 1. The molecule has 2 aromatic rings. The zero-order chi connectivity index (χ0) is 14.2. The molecule has 3 nitrogen and oxygen atoms in total. The fourth-order valence-corrected chi connectivity index (χ4v) is 2.49. The maximum Gasteiger partial charge on any atom is 0.435 e. The van der Waals surface area contributed by atoms with Crippen molar-refractivity contribution in [2.24, 2.45) is 0 Å². The number of halogens is 3. The van der Waals surface area contributed by atoms with Gasteiger partial charge in [-0.1, -0.05) is 12.1 Å². The first-order chi connectivity index (χ1) is 9.55. The standard InChI is InChI=1S/C14H14F3N3/c15-14(16,17)13-7-10-20(18-13)12-6-2-1-5-11(12)19-8-3-4-9-19/h1-2,5-7,10H,3-4,8-9H2. The lowest BCUT2D eigenvalue weighted by molar-refractivity contribution is -0.141. The fourth-order valence-electron chi connectivity index (χ4n) is 2.49. The highest BCUT2D eigenvalue weighted by Crippen LogP contribution is 2.30. The van der Waals surface area contributed by atoms with Crippen molar-refractivity contribution in [2.45, 2.75) is 19.0 Å². The van der Waals surface area contributed by atoms with Crippen LogP contribution in [0, 0.1) is 0 Å². The van der Waals surface area contributed by atoms with Gasteiger partial charge in [-0.3, -0.25) is 0 Å². The SMILES string of the molecule is FC(F)(F)c1ccn(-c2ccccc2N2CCCC2)n1. The fraction of sp³-hybridized carbons (Fsp3) is 0.357. The summed E-state index contributed by atoms with van der Waals surface area (Å²) in [6.45, 7) is 1.87. The molecule has 0 unspecified atom stereocenters. The summed E-state index contributed by atoms with van der Waals surface area (Å²) < 4.78 is 39.2. The molecule has 1 aromatic carbocycles. The van der Waals surface area contributed by atoms with Gasteiger partial charge in [-0.15, -0.1) is 0 Å². The van der Waals surface area contributed by atoms with E-state index in [1.165, 1.54) is 10.9 Å². The van der Waals surface area contributed by atoms with E-state index >= 15 is 0 Å². The molecule has 3 rings (SSSR count). The third-order valence-corrected chi connectivity index (χ3v) is 3.45. The first-order valence-corrected chi connectivity index (χ1v) is 6.53. The van der Waals surface area contributed by atoms with Crippen LogP contribution in [0.3, 0.4) is 0 Å². The van der Waals surface area contributed by atoms with Crippen LogP contribution in [0.25, 0.3) is 5.69 Å². The third-order valence-electron chi connectivity index (χ3n) is 3.45. The van der Waals surface area contributed by atoms with E-state index in [2.05, 4.69) is 10.00 Å². The Hall–Kier alpha value is -1.98. The Kier molecular flexibility index (Phi) is 3.16. The van der Waals surface area contributed by atoms with Gasteiger partial charge in [0.25, 0.3) is 0 Å². The molecule has 6 heteroatoms. The Labute approximate surface area is 114 Å². The van der Waals surface area contributed by atoms with E-state index in [1.807, 2.05) is 18.2 Å². The van der Waals surface area contributed by atoms with Gasteiger partial charge < -0.3 is 4.90 Å². The van der Waals surface area contributed by atoms with Crippen LogP contribution in [0.2, 0.25) is 0 Å². The molecule has 1 fully saturated rings. The number of hydrogen-bond donors (Lipinski definition) is 0. The molecule has 0 amide bonds. The predicted molar refractivity (Wildman–Crippen MR) is 70.0 cm³/mol. The molecule has 0 atom stereocenters. The maximum absolute atomic E-state index is 12.6. The van der Waals surface area contributed by atoms with Gasteiger partial charge in [0.05, 0.1) is 11.4 Å². The van der Waals surface area contributed by atoms with Crippen molar-refractivity contribution in [3.63, 3.8) is 0 Å². The average molecular weight is 281 g/mol. The van der Waals surface area contributed by atoms with Crippen LogP contribution in [0.4, 0.5) is 18.9 Å². The molecule has 1 saturated heterocycles. The molecule has 0 N–H and O–H groups in total. The molecule has 1 aliphatic heterocycles. The van der Waals surface area contributed by atoms with Crippen LogP contribution >= 0.6 is 0 Å². The number of aromatic nitrogens is 2. The number of anilines is 1. The number of para-hydroxylation sites is 2. The van der Waals surface area contributed by atoms with E-state index in [4.69, 9.17) is 0 Å². The van der Waals surface area contributed by atoms with Crippen LogP contribution in [-0.4, -0.2) is 22.9 Å². The number of nitrogens with zero attached hydrogens (tertiary/aromatic N) is 3. The average Bonchev–Trinajstić information content (AvgIpc) is 3.10. The molecule has 106 valence electrons. The Morgan fingerprint density at radius 3 is 2.20 bits per heavy atom. The van der Waals surface area contributed by atoms with Crippen LogP contribution < -0.4 is 4.90 Å². The summed E-state index contributed by atoms with van der Waals surface area (Å²) in [5.41, 5.74) is 0.750. The van der Waals surface area contributed by atoms with Crippen molar-refractivity contribution in [3.05, 3.63) is 42.2 Å². The van der Waals surface area contributed by atoms with Crippen LogP contribution in [0.1, 0.15) is 18.5 Å². The lowest BCUT2D eigenvalue weighted by Crippen LogP contribution is -2.19. The van der Waals surface area contributed by atoms with Crippen molar-refractivity contribution >= 4 is 5.69 Å². The second-order valence-electron chi connectivity index (χ2n) is 4.83. The first kappa shape index (κ1) is 13.0. The molecule has 0 radical (unpaired) electrons. The third kappa shape index (κ3) is 2.37. The topological polar surface area (TPSA) is 21.1 Å². The van der Waals surface area contributed by atoms with Gasteiger partial charge in [-0.05, 0) is 31.0 Å². The Morgan fingerprint density at radius 2 is 1.60 bits per heavy atom. The highest BCUT2D eigenvalue weighted by molar-refractivity contribution is 5.62. The normalized spacial score (nSPS) is 15.8. The van der Waals surface area contributed by atoms with Crippen LogP contribution in [-0.2, 0) is 6.18 Å². The van der Waals surface area contributed by atoms with Crippen molar-refractivity contribution in [2.75, 3.05) is 18.0 Å². The first-order valence-electron chi connectivity index (χ1n) is 6.53. The number of alkyl halides is 3. The van der Waals surface area contributed by atoms with Crippen molar-refractivity contribution in [1.82, 2.24) is 9.78 Å². The molecule has 1 aromatic heterocycles. The summed E-state index contributed by atoms with van der Waals surface area (Å²) in [4.78, 5) is 2.18. The lowest BCUT2D eigenvalue weighted by Gasteiger charge is -2.21. The monoisotopic (exact) mass is 281 g/mol. The zero-order valence-corrected chi connectivity index (χ0v) is 10.8. The van der Waals surface area contributed by atoms with Crippen molar-refractivity contribution in [3.8, 4) is 5.69 Å². The summed E-state index contributed by atoms with van der Waals surface area (Å²) in [5, 5.41) is 3.65. The molecule has 1 aliphatic rings. The Morgan fingerprint density at radius 1 is 0.950 bits per heavy atom. The van der Waals surface area contributed by atoms with Gasteiger partial charge in [-0.2, -0.15) is 18.3 Å². The van der Waals surface area contributed by atoms with E-state index in [0.717, 1.165) is 37.7 Å². The van der Waals surface area contributed by atoms with Gasteiger partial charge in [0.1, 0.15) is 0 Å². The van der Waals surface area contributed by atoms with E-state index < -0.39 is 11.9 Å². The minimum atomic E-state index is -4.41. The molecular weight excluding hydrogens is 267 g/mol. The van der Waals surface area contributed by atoms with Gasteiger partial charge in [0, 0.05) is 19.3 Å². The van der Waals surface area contributed by atoms with Gasteiger partial charge >= 0.3 is 6.18 Å². The number of hydrogen-bond acceptors (Lipinski definition) is 2. The molecule has 20 heavy (non-hydrogen) atoms. The van der Waals surface area contributed by atoms with E-state index in [0.29, 0.717) is 5.69 Å². The van der Waals surface area contributed by atoms with Crippen molar-refractivity contribution < 1.29 is 13.2 Å². The summed E-state index contributed by atoms with van der Waals surface area (Å²) in [6.07, 6.45) is -0.825. The summed E-state index contributed by atoms with van der Waals surface area (Å²) in [6, 6.07) is 8.42. The lowest BCUT2D eigenvalue weighted by atomic mass is 10.2. The zero-order valence-electron chi connectivity index (χ0n) is 10.8. The predicted octanol–water partition coefficient (Wildman–Crippen LogP) is 3.49. The molecular formula is C14H14F3N3. The number of rotatable bonds is 2. The molecule has 0 spiro atoms. The van der Waals surface area contributed by atoms with E-state index in [1.54, 1.807) is 6.07 Å². The van der Waals surface area contributed by atoms with E-state index in [-0.39, 0.29) is 0 Å². The summed E-state index contributed by atoms with van der Waals surface area (Å²) in [7, 11) is 0. The Bertz CT molecular complexity index is 598. The molecule has 0 saturated carbocycles. The Balaban J connectivity index is 1.99. The second kappa shape index (κ2) is 4.85. The highest BCUT2D eigenvalue weighted by Gasteiger charge is 2.33. The highest BCUT2D eigenvalue weighted by atomic mass is 19.4. The quantitative estimate of drug-likeness (QED) is 0.840. The van der Waals surface area contributed by atoms with Crippen LogP contribution in [0.5, 0.6) is 0 Å². The molecule has 0 aliphatic carbocycles. The molecule has 2 heterocycles. The largest absolute Gasteiger partial charge is 0.435 e. The van der Waals surface area contributed by atoms with Crippen LogP contribution in [0.15, 0.2) is 36.5 Å². The van der Waals surface area contributed by atoms with Gasteiger partial charge in [-0.25, -0.2) is 4.68 Å². The van der Waals surface area contributed by atoms with E-state index in [9.17, 15) is 13.2 Å². The minimum absolute atomic E-state index is 0.685. The molecule has 0 bridgehead atoms. The van der Waals surface area contributed by atoms with Gasteiger partial charge in [0.2, 0.25) is 0 Å². The van der Waals surface area contributed by atoms with Crippen molar-refractivity contribution in [1.29, 1.82) is 0 Å².